The number of aromatic nitrogens is 4. The topological polar surface area (TPSA) is 64.2 Å². The van der Waals surface area contributed by atoms with E-state index in [0.29, 0.717) is 18.1 Å². The monoisotopic (exact) mass is 343 g/mol. The molecule has 0 spiro atoms. The number of pyridine rings is 1. The number of hydrogen-bond donors (Lipinski definition) is 1. The summed E-state index contributed by atoms with van der Waals surface area (Å²) in [6.07, 6.45) is 7.75. The van der Waals surface area contributed by atoms with Gasteiger partial charge in [-0.1, -0.05) is 17.7 Å². The molecule has 0 aromatic carbocycles. The second kappa shape index (κ2) is 6.88. The first kappa shape index (κ1) is 16.3. The number of aryl methyl sites for hydroxylation is 2. The lowest BCUT2D eigenvalue weighted by atomic mass is 10.2. The largest absolute Gasteiger partial charge is 0.352 e. The first-order valence-electron chi connectivity index (χ1n) is 7.62. The highest BCUT2D eigenvalue weighted by Crippen LogP contribution is 2.19. The third-order valence-electron chi connectivity index (χ3n) is 3.69. The molecule has 3 heterocycles. The van der Waals surface area contributed by atoms with Gasteiger partial charge < -0.3 is 9.72 Å². The Labute approximate surface area is 144 Å². The molecule has 6 nitrogen and oxygen atoms in total. The lowest BCUT2D eigenvalue weighted by molar-refractivity contribution is -0.116. The van der Waals surface area contributed by atoms with Crippen molar-refractivity contribution in [2.45, 2.75) is 13.3 Å². The summed E-state index contributed by atoms with van der Waals surface area (Å²) in [6.45, 7) is 2.37. The molecule has 0 aliphatic rings. The van der Waals surface area contributed by atoms with Crippen LogP contribution >= 0.6 is 11.6 Å². The summed E-state index contributed by atoms with van der Waals surface area (Å²) in [5.41, 5.74) is 3.39. The van der Waals surface area contributed by atoms with Crippen LogP contribution in [-0.4, -0.2) is 31.6 Å². The van der Waals surface area contributed by atoms with Gasteiger partial charge >= 0.3 is 0 Å². The first-order valence-corrected chi connectivity index (χ1v) is 8.00. The van der Waals surface area contributed by atoms with Crippen molar-refractivity contribution in [2.24, 2.45) is 7.05 Å². The zero-order valence-corrected chi connectivity index (χ0v) is 14.3. The average molecular weight is 344 g/mol. The van der Waals surface area contributed by atoms with Gasteiger partial charge in [-0.2, -0.15) is 5.10 Å². The Balaban J connectivity index is 1.54. The predicted octanol–water partition coefficient (Wildman–Crippen LogP) is 2.40. The SMILES string of the molecule is Cc1nn(C)c(Cl)c1/C=C/C(=O)NCCc1cn2ccccc2n1. The minimum Gasteiger partial charge on any atom is -0.352 e. The maximum absolute atomic E-state index is 11.9. The minimum atomic E-state index is -0.168. The van der Waals surface area contributed by atoms with Crippen LogP contribution < -0.4 is 5.32 Å². The number of imidazole rings is 1. The standard InChI is InChI=1S/C17H18ClN5O/c1-12-14(17(18)22(2)21-12)6-7-16(24)19-9-8-13-11-23-10-4-3-5-15(23)20-13/h3-7,10-11H,8-9H2,1-2H3,(H,19,24)/b7-6+. The van der Waals surface area contributed by atoms with Crippen molar-refractivity contribution >= 4 is 29.2 Å². The molecule has 0 bridgehead atoms. The predicted molar refractivity (Wildman–Crippen MR) is 93.9 cm³/mol. The van der Waals surface area contributed by atoms with Crippen LogP contribution in [0.5, 0.6) is 0 Å². The van der Waals surface area contributed by atoms with Crippen LogP contribution in [0.15, 0.2) is 36.7 Å². The van der Waals surface area contributed by atoms with Crippen LogP contribution in [-0.2, 0) is 18.3 Å². The summed E-state index contributed by atoms with van der Waals surface area (Å²) in [7, 11) is 1.77. The molecule has 124 valence electrons. The van der Waals surface area contributed by atoms with Gasteiger partial charge in [-0.15, -0.1) is 0 Å². The molecule has 0 unspecified atom stereocenters. The highest BCUT2D eigenvalue weighted by atomic mass is 35.5. The molecule has 1 amide bonds. The van der Waals surface area contributed by atoms with Crippen LogP contribution in [0.4, 0.5) is 0 Å². The molecule has 0 radical (unpaired) electrons. The summed E-state index contributed by atoms with van der Waals surface area (Å²) in [5.74, 6) is -0.168. The quantitative estimate of drug-likeness (QED) is 0.723. The Morgan fingerprint density at radius 3 is 2.96 bits per heavy atom. The number of amides is 1. The Morgan fingerprint density at radius 1 is 1.42 bits per heavy atom. The van der Waals surface area contributed by atoms with Crippen LogP contribution in [0.3, 0.4) is 0 Å². The van der Waals surface area contributed by atoms with Crippen molar-refractivity contribution in [2.75, 3.05) is 6.54 Å². The Kier molecular flexibility index (Phi) is 4.66. The number of fused-ring (bicyclic) bond motifs is 1. The molecule has 0 fully saturated rings. The van der Waals surface area contributed by atoms with Crippen LogP contribution in [0, 0.1) is 6.92 Å². The fraction of sp³-hybridized carbons (Fsp3) is 0.235. The number of rotatable bonds is 5. The van der Waals surface area contributed by atoms with Crippen molar-refractivity contribution in [3.63, 3.8) is 0 Å². The lowest BCUT2D eigenvalue weighted by Gasteiger charge is -1.99. The maximum atomic E-state index is 11.9. The van der Waals surface area contributed by atoms with Crippen molar-refractivity contribution in [1.82, 2.24) is 24.5 Å². The molecule has 7 heteroatoms. The number of hydrogen-bond acceptors (Lipinski definition) is 3. The molecule has 24 heavy (non-hydrogen) atoms. The molecule has 3 rings (SSSR count). The van der Waals surface area contributed by atoms with E-state index in [4.69, 9.17) is 11.6 Å². The van der Waals surface area contributed by atoms with E-state index in [9.17, 15) is 4.79 Å². The molecule has 0 atom stereocenters. The van der Waals surface area contributed by atoms with E-state index >= 15 is 0 Å². The van der Waals surface area contributed by atoms with Gasteiger partial charge in [0.05, 0.1) is 11.4 Å². The van der Waals surface area contributed by atoms with Crippen molar-refractivity contribution in [3.8, 4) is 0 Å². The van der Waals surface area contributed by atoms with Gasteiger partial charge in [0.1, 0.15) is 10.8 Å². The van der Waals surface area contributed by atoms with Crippen molar-refractivity contribution in [3.05, 3.63) is 58.8 Å². The molecular weight excluding hydrogens is 326 g/mol. The molecule has 1 N–H and O–H groups in total. The average Bonchev–Trinajstić information content (AvgIpc) is 3.07. The maximum Gasteiger partial charge on any atom is 0.244 e. The molecule has 3 aromatic rings. The Bertz CT molecular complexity index is 876. The van der Waals surface area contributed by atoms with E-state index in [1.165, 1.54) is 6.08 Å². The second-order valence-electron chi connectivity index (χ2n) is 5.49. The molecule has 0 aliphatic heterocycles. The van der Waals surface area contributed by atoms with Crippen LogP contribution in [0.25, 0.3) is 11.7 Å². The van der Waals surface area contributed by atoms with Gasteiger partial charge in [-0.05, 0) is 25.1 Å². The smallest absolute Gasteiger partial charge is 0.244 e. The van der Waals surface area contributed by atoms with Gasteiger partial charge in [0.2, 0.25) is 5.91 Å². The number of nitrogens with zero attached hydrogens (tertiary/aromatic N) is 4. The van der Waals surface area contributed by atoms with Crippen LogP contribution in [0.1, 0.15) is 17.0 Å². The first-order chi connectivity index (χ1) is 11.5. The van der Waals surface area contributed by atoms with Gasteiger partial charge in [-0.25, -0.2) is 4.98 Å². The fourth-order valence-corrected chi connectivity index (χ4v) is 2.71. The third-order valence-corrected chi connectivity index (χ3v) is 4.14. The normalized spacial score (nSPS) is 11.5. The minimum absolute atomic E-state index is 0.168. The van der Waals surface area contributed by atoms with Gasteiger partial charge in [0.15, 0.2) is 0 Å². The summed E-state index contributed by atoms with van der Waals surface area (Å²) in [4.78, 5) is 16.4. The van der Waals surface area contributed by atoms with E-state index in [1.807, 2.05) is 41.9 Å². The summed E-state index contributed by atoms with van der Waals surface area (Å²) in [5, 5.41) is 7.56. The Hall–Kier alpha value is -2.60. The third kappa shape index (κ3) is 3.49. The van der Waals surface area contributed by atoms with Crippen molar-refractivity contribution in [1.29, 1.82) is 0 Å². The fourth-order valence-electron chi connectivity index (χ4n) is 2.48. The molecule has 0 aliphatic carbocycles. The summed E-state index contributed by atoms with van der Waals surface area (Å²) >= 11 is 6.13. The number of carbonyl (C=O) groups is 1. The van der Waals surface area contributed by atoms with E-state index in [0.717, 1.165) is 22.6 Å². The lowest BCUT2D eigenvalue weighted by Crippen LogP contribution is -2.23. The van der Waals surface area contributed by atoms with Gasteiger partial charge in [0.25, 0.3) is 0 Å². The Morgan fingerprint density at radius 2 is 2.25 bits per heavy atom. The number of carbonyl (C=O) groups excluding carboxylic acids is 1. The van der Waals surface area contributed by atoms with E-state index in [2.05, 4.69) is 15.4 Å². The van der Waals surface area contributed by atoms with E-state index in [1.54, 1.807) is 17.8 Å². The molecule has 0 saturated heterocycles. The number of nitrogens with one attached hydrogen (secondary N) is 1. The van der Waals surface area contributed by atoms with Crippen LogP contribution in [0.2, 0.25) is 5.15 Å². The zero-order chi connectivity index (χ0) is 17.1. The highest BCUT2D eigenvalue weighted by molar-refractivity contribution is 6.31. The summed E-state index contributed by atoms with van der Waals surface area (Å²) in [6, 6.07) is 5.85. The highest BCUT2D eigenvalue weighted by Gasteiger charge is 2.08. The second-order valence-corrected chi connectivity index (χ2v) is 5.84. The molecule has 0 saturated carbocycles. The van der Waals surface area contributed by atoms with Gasteiger partial charge in [-0.3, -0.25) is 9.48 Å². The van der Waals surface area contributed by atoms with E-state index in [-0.39, 0.29) is 5.91 Å². The zero-order valence-electron chi connectivity index (χ0n) is 13.5. The number of halogens is 1. The molecular formula is C17H18ClN5O. The summed E-state index contributed by atoms with van der Waals surface area (Å²) < 4.78 is 3.54. The van der Waals surface area contributed by atoms with Gasteiger partial charge in [0, 0.05) is 44.0 Å². The molecule has 3 aromatic heterocycles. The van der Waals surface area contributed by atoms with Crippen molar-refractivity contribution < 1.29 is 4.79 Å². The van der Waals surface area contributed by atoms with E-state index < -0.39 is 0 Å².